The van der Waals surface area contributed by atoms with Gasteiger partial charge < -0.3 is 4.57 Å². The Morgan fingerprint density at radius 1 is 0.667 bits per heavy atom. The molecule has 100 valence electrons. The van der Waals surface area contributed by atoms with E-state index in [4.69, 9.17) is 0 Å². The van der Waals surface area contributed by atoms with E-state index in [-0.39, 0.29) is 0 Å². The average Bonchev–Trinajstić information content (AvgIpc) is 3.00. The maximum atomic E-state index is 4.46. The summed E-state index contributed by atoms with van der Waals surface area (Å²) in [4.78, 5) is 4.46. The lowest BCUT2D eigenvalue weighted by Gasteiger charge is -2.07. The van der Waals surface area contributed by atoms with Crippen molar-refractivity contribution in [3.05, 3.63) is 85.2 Å². The van der Waals surface area contributed by atoms with Gasteiger partial charge in [0.1, 0.15) is 5.65 Å². The van der Waals surface area contributed by atoms with Gasteiger partial charge in [0.2, 0.25) is 0 Å². The zero-order chi connectivity index (χ0) is 14.1. The van der Waals surface area contributed by atoms with Crippen LogP contribution in [0.25, 0.3) is 27.8 Å². The van der Waals surface area contributed by atoms with E-state index in [1.54, 1.807) is 0 Å². The molecular weight excluding hydrogens is 256 g/mol. The topological polar surface area (TPSA) is 17.8 Å². The average molecular weight is 270 g/mol. The van der Waals surface area contributed by atoms with Gasteiger partial charge in [-0.05, 0) is 41.5 Å². The fraction of sp³-hybridized carbons (Fsp3) is 0. The number of benzene rings is 2. The first kappa shape index (κ1) is 11.9. The summed E-state index contributed by atoms with van der Waals surface area (Å²) < 4.78 is 2.12. The highest BCUT2D eigenvalue weighted by Gasteiger charge is 2.04. The molecular formula is C19H14N2. The van der Waals surface area contributed by atoms with Gasteiger partial charge in [-0.3, -0.25) is 0 Å². The van der Waals surface area contributed by atoms with E-state index >= 15 is 0 Å². The van der Waals surface area contributed by atoms with Crippen molar-refractivity contribution in [3.63, 3.8) is 0 Å². The second kappa shape index (κ2) is 4.91. The van der Waals surface area contributed by atoms with Gasteiger partial charge in [-0.1, -0.05) is 42.5 Å². The molecule has 0 saturated heterocycles. The standard InChI is InChI=1S/C19H14N2/c1-2-5-15(6-3-1)16-8-10-18(11-9-16)21-14-12-17-7-4-13-20-19(17)21/h1-14H. The van der Waals surface area contributed by atoms with Crippen LogP contribution in [0.4, 0.5) is 0 Å². The molecule has 2 heterocycles. The van der Waals surface area contributed by atoms with Crippen LogP contribution in [0.3, 0.4) is 0 Å². The summed E-state index contributed by atoms with van der Waals surface area (Å²) in [5, 5.41) is 1.16. The Bertz CT molecular complexity index is 874. The molecule has 2 aromatic heterocycles. The van der Waals surface area contributed by atoms with E-state index < -0.39 is 0 Å². The molecule has 0 saturated carbocycles. The molecule has 0 bridgehead atoms. The van der Waals surface area contributed by atoms with Crippen LogP contribution in [0.1, 0.15) is 0 Å². The minimum absolute atomic E-state index is 0.991. The van der Waals surface area contributed by atoms with Crippen molar-refractivity contribution in [1.82, 2.24) is 9.55 Å². The second-order valence-corrected chi connectivity index (χ2v) is 5.01. The quantitative estimate of drug-likeness (QED) is 0.516. The Kier molecular flexibility index (Phi) is 2.79. The van der Waals surface area contributed by atoms with Gasteiger partial charge in [0.25, 0.3) is 0 Å². The zero-order valence-corrected chi connectivity index (χ0v) is 11.5. The van der Waals surface area contributed by atoms with Crippen LogP contribution >= 0.6 is 0 Å². The molecule has 0 fully saturated rings. The highest BCUT2D eigenvalue weighted by Crippen LogP contribution is 2.23. The van der Waals surface area contributed by atoms with Crippen LogP contribution in [0.5, 0.6) is 0 Å². The summed E-state index contributed by atoms with van der Waals surface area (Å²) in [6.45, 7) is 0. The zero-order valence-electron chi connectivity index (χ0n) is 11.5. The van der Waals surface area contributed by atoms with Crippen molar-refractivity contribution in [1.29, 1.82) is 0 Å². The fourth-order valence-corrected chi connectivity index (χ4v) is 2.62. The third-order valence-electron chi connectivity index (χ3n) is 3.70. The van der Waals surface area contributed by atoms with E-state index in [1.807, 2.05) is 18.3 Å². The maximum Gasteiger partial charge on any atom is 0.144 e. The first-order valence-corrected chi connectivity index (χ1v) is 7.00. The molecule has 2 aromatic carbocycles. The highest BCUT2D eigenvalue weighted by molar-refractivity contribution is 5.78. The number of pyridine rings is 1. The predicted octanol–water partition coefficient (Wildman–Crippen LogP) is 4.69. The second-order valence-electron chi connectivity index (χ2n) is 5.01. The Balaban J connectivity index is 1.77. The molecule has 4 aromatic rings. The van der Waals surface area contributed by atoms with Crippen molar-refractivity contribution in [3.8, 4) is 16.8 Å². The lowest BCUT2D eigenvalue weighted by Crippen LogP contribution is -1.93. The number of aromatic nitrogens is 2. The van der Waals surface area contributed by atoms with Crippen LogP contribution in [-0.2, 0) is 0 Å². The smallest absolute Gasteiger partial charge is 0.144 e. The number of rotatable bonds is 2. The molecule has 0 spiro atoms. The van der Waals surface area contributed by atoms with Crippen molar-refractivity contribution in [2.75, 3.05) is 0 Å². The van der Waals surface area contributed by atoms with Gasteiger partial charge >= 0.3 is 0 Å². The van der Waals surface area contributed by atoms with Gasteiger partial charge in [0.15, 0.2) is 0 Å². The molecule has 4 rings (SSSR count). The molecule has 0 N–H and O–H groups in total. The van der Waals surface area contributed by atoms with E-state index in [0.29, 0.717) is 0 Å². The molecule has 0 unspecified atom stereocenters. The van der Waals surface area contributed by atoms with Crippen LogP contribution in [-0.4, -0.2) is 9.55 Å². The summed E-state index contributed by atoms with van der Waals surface area (Å²) in [7, 11) is 0. The minimum Gasteiger partial charge on any atom is -0.301 e. The Morgan fingerprint density at radius 3 is 2.24 bits per heavy atom. The largest absolute Gasteiger partial charge is 0.301 e. The van der Waals surface area contributed by atoms with E-state index in [9.17, 15) is 0 Å². The molecule has 21 heavy (non-hydrogen) atoms. The summed E-state index contributed by atoms with van der Waals surface area (Å²) in [5.74, 6) is 0. The van der Waals surface area contributed by atoms with Crippen molar-refractivity contribution >= 4 is 11.0 Å². The summed E-state index contributed by atoms with van der Waals surface area (Å²) >= 11 is 0. The Labute approximate surface area is 123 Å². The fourth-order valence-electron chi connectivity index (χ4n) is 2.62. The summed E-state index contributed by atoms with van der Waals surface area (Å²) in [6.07, 6.45) is 3.90. The molecule has 2 nitrogen and oxygen atoms in total. The number of fused-ring (bicyclic) bond motifs is 1. The van der Waals surface area contributed by atoms with Gasteiger partial charge in [0.05, 0.1) is 0 Å². The molecule has 0 aliphatic rings. The SMILES string of the molecule is c1ccc(-c2ccc(-n3ccc4cccnc43)cc2)cc1. The lowest BCUT2D eigenvalue weighted by molar-refractivity contribution is 1.09. The van der Waals surface area contributed by atoms with Crippen LogP contribution in [0.15, 0.2) is 85.2 Å². The number of nitrogens with zero attached hydrogens (tertiary/aromatic N) is 2. The lowest BCUT2D eigenvalue weighted by atomic mass is 10.1. The molecule has 0 radical (unpaired) electrons. The van der Waals surface area contributed by atoms with E-state index in [0.717, 1.165) is 16.7 Å². The minimum atomic E-state index is 0.991. The number of hydrogen-bond donors (Lipinski definition) is 0. The van der Waals surface area contributed by atoms with Crippen LogP contribution < -0.4 is 0 Å². The van der Waals surface area contributed by atoms with E-state index in [1.165, 1.54) is 11.1 Å². The predicted molar refractivity (Wildman–Crippen MR) is 86.5 cm³/mol. The van der Waals surface area contributed by atoms with E-state index in [2.05, 4.69) is 76.4 Å². The Hall–Kier alpha value is -2.87. The van der Waals surface area contributed by atoms with Crippen molar-refractivity contribution in [2.45, 2.75) is 0 Å². The first-order valence-electron chi connectivity index (χ1n) is 7.00. The molecule has 2 heteroatoms. The highest BCUT2D eigenvalue weighted by atomic mass is 15.0. The van der Waals surface area contributed by atoms with Crippen LogP contribution in [0.2, 0.25) is 0 Å². The number of hydrogen-bond acceptors (Lipinski definition) is 1. The van der Waals surface area contributed by atoms with Gasteiger partial charge in [-0.25, -0.2) is 4.98 Å². The Morgan fingerprint density at radius 2 is 1.43 bits per heavy atom. The third kappa shape index (κ3) is 2.11. The van der Waals surface area contributed by atoms with Gasteiger partial charge in [-0.2, -0.15) is 0 Å². The van der Waals surface area contributed by atoms with Gasteiger partial charge in [-0.15, -0.1) is 0 Å². The van der Waals surface area contributed by atoms with Gasteiger partial charge in [0, 0.05) is 23.5 Å². The van der Waals surface area contributed by atoms with Crippen LogP contribution in [0, 0.1) is 0 Å². The first-order chi connectivity index (χ1) is 10.4. The molecule has 0 aliphatic carbocycles. The third-order valence-corrected chi connectivity index (χ3v) is 3.70. The normalized spacial score (nSPS) is 10.9. The van der Waals surface area contributed by atoms with Crippen molar-refractivity contribution in [2.24, 2.45) is 0 Å². The molecule has 0 amide bonds. The van der Waals surface area contributed by atoms with Crippen molar-refractivity contribution < 1.29 is 0 Å². The molecule has 0 aliphatic heterocycles. The molecule has 0 atom stereocenters. The summed E-state index contributed by atoms with van der Waals surface area (Å²) in [5.41, 5.74) is 4.58. The maximum absolute atomic E-state index is 4.46. The monoisotopic (exact) mass is 270 g/mol. The summed E-state index contributed by atoms with van der Waals surface area (Å²) in [6, 6.07) is 25.1.